The Bertz CT molecular complexity index is 1090. The van der Waals surface area contributed by atoms with Crippen molar-refractivity contribution in [3.8, 4) is 16.9 Å². The topological polar surface area (TPSA) is 52.0 Å². The predicted octanol–water partition coefficient (Wildman–Crippen LogP) is 4.51. The summed E-state index contributed by atoms with van der Waals surface area (Å²) < 4.78 is 25.8. The summed E-state index contributed by atoms with van der Waals surface area (Å²) in [5.74, 6) is 1.67. The maximum Gasteiger partial charge on any atom is 0.175 e. The van der Waals surface area contributed by atoms with Crippen LogP contribution < -0.4 is 0 Å². The monoisotopic (exact) mass is 390 g/mol. The number of fused-ring (bicyclic) bond motifs is 3. The molecule has 0 unspecified atom stereocenters. The molecule has 4 rings (SSSR count). The number of rotatable bonds is 2. The lowest BCUT2D eigenvalue weighted by atomic mass is 10.1. The van der Waals surface area contributed by atoms with Crippen molar-refractivity contribution >= 4 is 33.2 Å². The summed E-state index contributed by atoms with van der Waals surface area (Å²) in [4.78, 5) is 6.00. The molecule has 2 aromatic carbocycles. The highest BCUT2D eigenvalue weighted by atomic mass is 35.5. The molecule has 4 nitrogen and oxygen atoms in total. The van der Waals surface area contributed by atoms with Crippen LogP contribution in [0.4, 0.5) is 0 Å². The molecular weight excluding hydrogens is 376 g/mol. The average Bonchev–Trinajstić information content (AvgIpc) is 2.90. The van der Waals surface area contributed by atoms with Gasteiger partial charge in [-0.05, 0) is 37.3 Å². The number of benzene rings is 2. The van der Waals surface area contributed by atoms with Gasteiger partial charge in [-0.25, -0.2) is 13.4 Å². The molecule has 1 aromatic heterocycles. The maximum atomic E-state index is 11.8. The molecule has 1 aliphatic rings. The van der Waals surface area contributed by atoms with Gasteiger partial charge < -0.3 is 0 Å². The van der Waals surface area contributed by atoms with E-state index >= 15 is 0 Å². The smallest absolute Gasteiger partial charge is 0.175 e. The van der Waals surface area contributed by atoms with Crippen molar-refractivity contribution in [2.45, 2.75) is 22.5 Å². The van der Waals surface area contributed by atoms with Crippen LogP contribution in [0.25, 0.3) is 16.9 Å². The Morgan fingerprint density at radius 1 is 1.16 bits per heavy atom. The summed E-state index contributed by atoms with van der Waals surface area (Å²) in [6.45, 7) is 1.99. The van der Waals surface area contributed by atoms with Crippen LogP contribution in [0.15, 0.2) is 52.3 Å². The molecule has 128 valence electrons. The van der Waals surface area contributed by atoms with Crippen molar-refractivity contribution in [2.24, 2.45) is 0 Å². The number of nitrogens with zero attached hydrogens (tertiary/aromatic N) is 2. The van der Waals surface area contributed by atoms with Crippen molar-refractivity contribution in [3.63, 3.8) is 0 Å². The van der Waals surface area contributed by atoms with Crippen LogP contribution in [-0.4, -0.2) is 24.2 Å². The van der Waals surface area contributed by atoms with E-state index in [2.05, 4.69) is 4.57 Å². The van der Waals surface area contributed by atoms with Gasteiger partial charge in [0.25, 0.3) is 0 Å². The molecule has 0 amide bonds. The van der Waals surface area contributed by atoms with Gasteiger partial charge >= 0.3 is 0 Å². The third-order valence-electron chi connectivity index (χ3n) is 4.20. The summed E-state index contributed by atoms with van der Waals surface area (Å²) in [5, 5.41) is 0.688. The zero-order valence-electron chi connectivity index (χ0n) is 13.7. The zero-order valence-corrected chi connectivity index (χ0v) is 16.0. The summed E-state index contributed by atoms with van der Waals surface area (Å²) in [6, 6.07) is 13.0. The molecule has 0 spiro atoms. The van der Waals surface area contributed by atoms with Gasteiger partial charge in [-0.2, -0.15) is 0 Å². The van der Waals surface area contributed by atoms with Gasteiger partial charge in [0.1, 0.15) is 5.82 Å². The molecule has 0 atom stereocenters. The molecule has 7 heteroatoms. The van der Waals surface area contributed by atoms with E-state index in [1.54, 1.807) is 23.9 Å². The van der Waals surface area contributed by atoms with E-state index in [9.17, 15) is 8.42 Å². The first-order valence-corrected chi connectivity index (χ1v) is 10.9. The first kappa shape index (κ1) is 16.7. The fourth-order valence-electron chi connectivity index (χ4n) is 3.06. The number of halogens is 1. The minimum absolute atomic E-state index is 0.340. The van der Waals surface area contributed by atoms with Crippen LogP contribution in [0.5, 0.6) is 0 Å². The molecule has 0 bridgehead atoms. The molecule has 2 heterocycles. The number of imidazole rings is 1. The Hall–Kier alpha value is -1.76. The van der Waals surface area contributed by atoms with E-state index in [1.807, 2.05) is 37.3 Å². The second-order valence-electron chi connectivity index (χ2n) is 5.99. The Balaban J connectivity index is 1.94. The highest BCUT2D eigenvalue weighted by Gasteiger charge is 2.24. The summed E-state index contributed by atoms with van der Waals surface area (Å²) >= 11 is 7.63. The third-order valence-corrected chi connectivity index (χ3v) is 6.60. The Kier molecular flexibility index (Phi) is 3.94. The lowest BCUT2D eigenvalue weighted by molar-refractivity contribution is 0.601. The Morgan fingerprint density at radius 3 is 2.56 bits per heavy atom. The summed E-state index contributed by atoms with van der Waals surface area (Å²) in [5.41, 5.74) is 3.95. The maximum absolute atomic E-state index is 11.8. The highest BCUT2D eigenvalue weighted by Crippen LogP contribution is 2.40. The Labute approximate surface area is 155 Å². The minimum Gasteiger partial charge on any atom is -0.294 e. The number of hydrogen-bond acceptors (Lipinski definition) is 4. The lowest BCUT2D eigenvalue weighted by Crippen LogP contribution is -2.09. The summed E-state index contributed by atoms with van der Waals surface area (Å²) in [7, 11) is -3.23. The molecule has 0 saturated carbocycles. The number of sulfone groups is 1. The molecule has 0 saturated heterocycles. The second-order valence-corrected chi connectivity index (χ2v) is 9.46. The van der Waals surface area contributed by atoms with Gasteiger partial charge in [0.15, 0.2) is 9.84 Å². The Morgan fingerprint density at radius 2 is 1.88 bits per heavy atom. The number of thioether (sulfide) groups is 1. The first-order valence-electron chi connectivity index (χ1n) is 7.66. The highest BCUT2D eigenvalue weighted by molar-refractivity contribution is 7.98. The van der Waals surface area contributed by atoms with E-state index in [0.717, 1.165) is 33.4 Å². The number of hydrogen-bond donors (Lipinski definition) is 0. The fraction of sp³-hybridized carbons (Fsp3) is 0.167. The van der Waals surface area contributed by atoms with Crippen molar-refractivity contribution in [2.75, 3.05) is 6.26 Å². The summed E-state index contributed by atoms with van der Waals surface area (Å²) in [6.07, 6.45) is 1.23. The predicted molar refractivity (Wildman–Crippen MR) is 101 cm³/mol. The van der Waals surface area contributed by atoms with Crippen LogP contribution in [0.1, 0.15) is 11.5 Å². The van der Waals surface area contributed by atoms with Crippen LogP contribution in [0.2, 0.25) is 5.02 Å². The first-order chi connectivity index (χ1) is 11.8. The van der Waals surface area contributed by atoms with Crippen molar-refractivity contribution < 1.29 is 8.42 Å². The van der Waals surface area contributed by atoms with E-state index < -0.39 is 9.84 Å². The van der Waals surface area contributed by atoms with E-state index in [0.29, 0.717) is 15.7 Å². The van der Waals surface area contributed by atoms with E-state index in [4.69, 9.17) is 16.6 Å². The minimum atomic E-state index is -3.23. The average molecular weight is 391 g/mol. The number of aromatic nitrogens is 2. The van der Waals surface area contributed by atoms with Gasteiger partial charge in [-0.3, -0.25) is 4.57 Å². The van der Waals surface area contributed by atoms with Gasteiger partial charge in [0.2, 0.25) is 0 Å². The fourth-order valence-corrected chi connectivity index (χ4v) is 4.90. The van der Waals surface area contributed by atoms with Gasteiger partial charge in [-0.1, -0.05) is 23.7 Å². The molecule has 25 heavy (non-hydrogen) atoms. The van der Waals surface area contributed by atoms with Crippen LogP contribution in [-0.2, 0) is 15.6 Å². The zero-order chi connectivity index (χ0) is 17.8. The van der Waals surface area contributed by atoms with Gasteiger partial charge in [0, 0.05) is 21.7 Å². The van der Waals surface area contributed by atoms with E-state index in [1.165, 1.54) is 6.26 Å². The molecule has 3 aromatic rings. The van der Waals surface area contributed by atoms with E-state index in [-0.39, 0.29) is 0 Å². The van der Waals surface area contributed by atoms with Crippen LogP contribution >= 0.6 is 23.4 Å². The number of aryl methyl sites for hydroxylation is 1. The molecule has 0 fully saturated rings. The van der Waals surface area contributed by atoms with Gasteiger partial charge in [0.05, 0.1) is 27.7 Å². The van der Waals surface area contributed by atoms with Crippen LogP contribution in [0, 0.1) is 6.92 Å². The van der Waals surface area contributed by atoms with Crippen LogP contribution in [0.3, 0.4) is 0 Å². The standard InChI is InChI=1S/C18H15ClN2O2S2/c1-11-18(12-3-5-13(19)6-4-12)21-15-8-7-14(25(2,22)23)9-16(15)24-10-17(21)20-11/h3-9H,10H2,1-2H3. The van der Waals surface area contributed by atoms with Crippen molar-refractivity contribution in [1.82, 2.24) is 9.55 Å². The molecule has 0 N–H and O–H groups in total. The largest absolute Gasteiger partial charge is 0.294 e. The molecule has 0 radical (unpaired) electrons. The second kappa shape index (κ2) is 5.90. The quantitative estimate of drug-likeness (QED) is 0.646. The van der Waals surface area contributed by atoms with Gasteiger partial charge in [-0.15, -0.1) is 11.8 Å². The van der Waals surface area contributed by atoms with Crippen molar-refractivity contribution in [3.05, 3.63) is 59.0 Å². The molecule has 0 aliphatic carbocycles. The normalized spacial score (nSPS) is 13.4. The third kappa shape index (κ3) is 2.88. The lowest BCUT2D eigenvalue weighted by Gasteiger charge is -2.21. The molecule has 1 aliphatic heterocycles. The SMILES string of the molecule is Cc1nc2n(c1-c1ccc(Cl)cc1)-c1ccc(S(C)(=O)=O)cc1SC2. The molecular formula is C18H15ClN2O2S2. The van der Waals surface area contributed by atoms with Crippen molar-refractivity contribution in [1.29, 1.82) is 0 Å².